The van der Waals surface area contributed by atoms with Crippen LogP contribution >= 0.6 is 0 Å². The Labute approximate surface area is 176 Å². The molecule has 2 N–H and O–H groups in total. The van der Waals surface area contributed by atoms with Crippen molar-refractivity contribution in [2.24, 2.45) is 5.41 Å². The number of piperidine rings is 2. The summed E-state index contributed by atoms with van der Waals surface area (Å²) in [4.78, 5) is 33.2. The molecule has 7 nitrogen and oxygen atoms in total. The van der Waals surface area contributed by atoms with Crippen molar-refractivity contribution in [2.75, 3.05) is 26.2 Å². The van der Waals surface area contributed by atoms with Crippen LogP contribution in [0.2, 0.25) is 0 Å². The van der Waals surface area contributed by atoms with Gasteiger partial charge in [-0.2, -0.15) is 0 Å². The molecule has 0 saturated carbocycles. The van der Waals surface area contributed by atoms with Crippen molar-refractivity contribution >= 4 is 11.8 Å². The number of aromatic nitrogens is 1. The first-order chi connectivity index (χ1) is 14.4. The molecule has 4 rings (SSSR count). The Morgan fingerprint density at radius 1 is 1.13 bits per heavy atom. The highest BCUT2D eigenvalue weighted by Gasteiger charge is 2.43. The minimum Gasteiger partial charge on any atom is -0.507 e. The zero-order valence-electron chi connectivity index (χ0n) is 17.1. The lowest BCUT2D eigenvalue weighted by Gasteiger charge is -2.49. The van der Waals surface area contributed by atoms with Gasteiger partial charge in [0.2, 0.25) is 0 Å². The Morgan fingerprint density at radius 2 is 1.90 bits per heavy atom. The van der Waals surface area contributed by atoms with Gasteiger partial charge in [-0.3, -0.25) is 14.6 Å². The molecule has 1 aromatic heterocycles. The summed E-state index contributed by atoms with van der Waals surface area (Å²) in [6.07, 6.45) is 4.63. The van der Waals surface area contributed by atoms with Crippen LogP contribution < -0.4 is 0 Å². The third-order valence-electron chi connectivity index (χ3n) is 6.32. The molecule has 158 valence electrons. The van der Waals surface area contributed by atoms with Crippen molar-refractivity contribution < 1.29 is 19.8 Å². The fourth-order valence-electron chi connectivity index (χ4n) is 4.72. The van der Waals surface area contributed by atoms with Crippen LogP contribution in [-0.4, -0.2) is 69.1 Å². The molecule has 30 heavy (non-hydrogen) atoms. The summed E-state index contributed by atoms with van der Waals surface area (Å²) in [6.45, 7) is 3.82. The molecule has 2 saturated heterocycles. The number of aliphatic hydroxyl groups excluding tert-OH is 1. The van der Waals surface area contributed by atoms with Gasteiger partial charge in [0.1, 0.15) is 5.75 Å². The zero-order chi connectivity index (χ0) is 21.3. The molecule has 7 heteroatoms. The van der Waals surface area contributed by atoms with E-state index in [1.807, 2.05) is 13.0 Å². The van der Waals surface area contributed by atoms with E-state index in [9.17, 15) is 19.8 Å². The summed E-state index contributed by atoms with van der Waals surface area (Å²) in [6, 6.07) is 8.54. The number of aryl methyl sites for hydroxylation is 1. The summed E-state index contributed by atoms with van der Waals surface area (Å²) in [5.41, 5.74) is 1.52. The van der Waals surface area contributed by atoms with E-state index in [4.69, 9.17) is 0 Å². The van der Waals surface area contributed by atoms with E-state index in [0.717, 1.165) is 5.56 Å². The highest BCUT2D eigenvalue weighted by atomic mass is 16.3. The Morgan fingerprint density at radius 3 is 2.57 bits per heavy atom. The lowest BCUT2D eigenvalue weighted by molar-refractivity contribution is -0.0299. The number of hydrogen-bond acceptors (Lipinski definition) is 5. The first-order valence-corrected chi connectivity index (χ1v) is 10.3. The molecule has 2 amide bonds. The van der Waals surface area contributed by atoms with Crippen molar-refractivity contribution in [1.82, 2.24) is 14.8 Å². The van der Waals surface area contributed by atoms with Gasteiger partial charge in [-0.05, 0) is 61.4 Å². The third kappa shape index (κ3) is 4.03. The number of hydrogen-bond donors (Lipinski definition) is 2. The number of phenols is 1. The second kappa shape index (κ2) is 8.07. The average Bonchev–Trinajstić information content (AvgIpc) is 2.73. The number of aromatic hydroxyl groups is 1. The van der Waals surface area contributed by atoms with E-state index in [1.165, 1.54) is 0 Å². The molecule has 0 aliphatic carbocycles. The first-order valence-electron chi connectivity index (χ1n) is 10.3. The van der Waals surface area contributed by atoms with Crippen molar-refractivity contribution in [3.63, 3.8) is 0 Å². The molecule has 0 radical (unpaired) electrons. The Bertz CT molecular complexity index is 939. The molecule has 3 heterocycles. The molecule has 2 aliphatic heterocycles. The minimum absolute atomic E-state index is 0.00150. The Kier molecular flexibility index (Phi) is 5.47. The van der Waals surface area contributed by atoms with Gasteiger partial charge in [0, 0.05) is 38.6 Å². The van der Waals surface area contributed by atoms with Crippen LogP contribution in [0, 0.1) is 12.3 Å². The van der Waals surface area contributed by atoms with Gasteiger partial charge in [-0.25, -0.2) is 0 Å². The summed E-state index contributed by atoms with van der Waals surface area (Å²) >= 11 is 0. The van der Waals surface area contributed by atoms with Gasteiger partial charge in [-0.15, -0.1) is 0 Å². The monoisotopic (exact) mass is 409 g/mol. The molecule has 1 atom stereocenters. The lowest BCUT2D eigenvalue weighted by atomic mass is 9.71. The molecule has 1 aromatic carbocycles. The van der Waals surface area contributed by atoms with E-state index < -0.39 is 6.10 Å². The van der Waals surface area contributed by atoms with Crippen LogP contribution in [0.4, 0.5) is 0 Å². The smallest absolute Gasteiger partial charge is 0.257 e. The SMILES string of the molecule is Cc1ccc(C(=O)N2CCC3(CC2)CC(O)CN(C(=O)c2cccnc2)C3)c(O)c1. The van der Waals surface area contributed by atoms with Crippen molar-refractivity contribution in [1.29, 1.82) is 0 Å². The summed E-state index contributed by atoms with van der Waals surface area (Å²) in [5.74, 6) is -0.298. The number of amides is 2. The van der Waals surface area contributed by atoms with E-state index in [2.05, 4.69) is 4.98 Å². The maximum atomic E-state index is 12.9. The number of carbonyl (C=O) groups excluding carboxylic acids is 2. The number of phenolic OH excluding ortho intramolecular Hbond substituents is 1. The average molecular weight is 409 g/mol. The van der Waals surface area contributed by atoms with Gasteiger partial charge in [-0.1, -0.05) is 6.07 Å². The van der Waals surface area contributed by atoms with E-state index in [-0.39, 0.29) is 23.0 Å². The number of nitrogens with zero attached hydrogens (tertiary/aromatic N) is 3. The van der Waals surface area contributed by atoms with Crippen molar-refractivity contribution in [3.8, 4) is 5.75 Å². The van der Waals surface area contributed by atoms with Crippen LogP contribution in [0.5, 0.6) is 5.75 Å². The van der Waals surface area contributed by atoms with Gasteiger partial charge in [0.25, 0.3) is 11.8 Å². The van der Waals surface area contributed by atoms with E-state index in [1.54, 1.807) is 46.5 Å². The topological polar surface area (TPSA) is 94.0 Å². The molecule has 2 aromatic rings. The molecule has 1 unspecified atom stereocenters. The Hall–Kier alpha value is -2.93. The standard InChI is InChI=1S/C23H27N3O4/c1-16-4-5-19(20(28)11-16)22(30)25-9-6-23(7-10-25)12-18(27)14-26(15-23)21(29)17-3-2-8-24-13-17/h2-5,8,11,13,18,27-28H,6-7,9-10,12,14-15H2,1H3. The van der Waals surface area contributed by atoms with Crippen molar-refractivity contribution in [3.05, 3.63) is 59.4 Å². The molecule has 1 spiro atoms. The molecule has 2 aliphatic rings. The van der Waals surface area contributed by atoms with Crippen LogP contribution in [-0.2, 0) is 0 Å². The number of aliphatic hydroxyl groups is 1. The zero-order valence-corrected chi connectivity index (χ0v) is 17.1. The first kappa shape index (κ1) is 20.3. The van der Waals surface area contributed by atoms with Crippen LogP contribution in [0.25, 0.3) is 0 Å². The summed E-state index contributed by atoms with van der Waals surface area (Å²) < 4.78 is 0. The Balaban J connectivity index is 1.45. The summed E-state index contributed by atoms with van der Waals surface area (Å²) in [5, 5.41) is 20.6. The van der Waals surface area contributed by atoms with Crippen LogP contribution in [0.1, 0.15) is 45.5 Å². The molecular formula is C23H27N3O4. The van der Waals surface area contributed by atoms with Gasteiger partial charge >= 0.3 is 0 Å². The number of carbonyl (C=O) groups is 2. The normalized spacial score (nSPS) is 20.9. The fourth-order valence-corrected chi connectivity index (χ4v) is 4.72. The fraction of sp³-hybridized carbons (Fsp3) is 0.435. The minimum atomic E-state index is -0.581. The van der Waals surface area contributed by atoms with Crippen molar-refractivity contribution in [2.45, 2.75) is 32.3 Å². The third-order valence-corrected chi connectivity index (χ3v) is 6.32. The maximum Gasteiger partial charge on any atom is 0.257 e. The van der Waals surface area contributed by atoms with E-state index >= 15 is 0 Å². The number of likely N-dealkylation sites (tertiary alicyclic amines) is 2. The largest absolute Gasteiger partial charge is 0.507 e. The summed E-state index contributed by atoms with van der Waals surface area (Å²) in [7, 11) is 0. The maximum absolute atomic E-state index is 12.9. The van der Waals surface area contributed by atoms with Gasteiger partial charge < -0.3 is 20.0 Å². The quantitative estimate of drug-likeness (QED) is 0.793. The van der Waals surface area contributed by atoms with Gasteiger partial charge in [0.05, 0.1) is 17.2 Å². The predicted octanol–water partition coefficient (Wildman–Crippen LogP) is 2.23. The van der Waals surface area contributed by atoms with Crippen LogP contribution in [0.3, 0.4) is 0 Å². The molecular weight excluding hydrogens is 382 g/mol. The van der Waals surface area contributed by atoms with Gasteiger partial charge in [0.15, 0.2) is 0 Å². The lowest BCUT2D eigenvalue weighted by Crippen LogP contribution is -2.55. The second-order valence-electron chi connectivity index (χ2n) is 8.60. The van der Waals surface area contributed by atoms with Crippen LogP contribution in [0.15, 0.2) is 42.7 Å². The molecule has 2 fully saturated rings. The number of β-amino-alcohol motifs (C(OH)–C–C–N with tert-alkyl or cyclic N) is 1. The van der Waals surface area contributed by atoms with E-state index in [0.29, 0.717) is 56.6 Å². The number of rotatable bonds is 2. The highest BCUT2D eigenvalue weighted by molar-refractivity contribution is 5.97. The highest BCUT2D eigenvalue weighted by Crippen LogP contribution is 2.40. The second-order valence-corrected chi connectivity index (χ2v) is 8.60. The molecule has 0 bridgehead atoms. The predicted molar refractivity (Wildman–Crippen MR) is 111 cm³/mol. The number of pyridine rings is 1. The number of benzene rings is 1.